The molecule has 0 N–H and O–H groups in total. The molecule has 1 aromatic carbocycles. The SMILES string of the molecule is CCOC(=O)N1CCN(c2ccc(C(=O)N3CCCc4ccccc43)nn2)CC1. The van der Waals surface area contributed by atoms with Crippen molar-refractivity contribution in [2.75, 3.05) is 49.1 Å². The van der Waals surface area contributed by atoms with Gasteiger partial charge in [0.15, 0.2) is 11.5 Å². The largest absolute Gasteiger partial charge is 0.450 e. The van der Waals surface area contributed by atoms with Gasteiger partial charge in [0.1, 0.15) is 0 Å². The number of nitrogens with zero attached hydrogens (tertiary/aromatic N) is 5. The van der Waals surface area contributed by atoms with Gasteiger partial charge in [0.25, 0.3) is 5.91 Å². The van der Waals surface area contributed by atoms with Crippen LogP contribution in [0.3, 0.4) is 0 Å². The van der Waals surface area contributed by atoms with Crippen LogP contribution in [0.5, 0.6) is 0 Å². The quantitative estimate of drug-likeness (QED) is 0.794. The van der Waals surface area contributed by atoms with Crippen LogP contribution in [0.4, 0.5) is 16.3 Å². The minimum Gasteiger partial charge on any atom is -0.450 e. The molecule has 4 rings (SSSR count). The fourth-order valence-corrected chi connectivity index (χ4v) is 3.82. The van der Waals surface area contributed by atoms with Crippen molar-refractivity contribution in [2.45, 2.75) is 19.8 Å². The smallest absolute Gasteiger partial charge is 0.409 e. The summed E-state index contributed by atoms with van der Waals surface area (Å²) < 4.78 is 5.05. The van der Waals surface area contributed by atoms with Crippen LogP contribution in [0, 0.1) is 0 Å². The number of anilines is 2. The van der Waals surface area contributed by atoms with Crippen LogP contribution >= 0.6 is 0 Å². The van der Waals surface area contributed by atoms with Crippen molar-refractivity contribution in [3.8, 4) is 0 Å². The van der Waals surface area contributed by atoms with Crippen LogP contribution in [0.1, 0.15) is 29.4 Å². The Labute approximate surface area is 170 Å². The molecule has 2 aliphatic heterocycles. The molecular formula is C21H25N5O3. The number of carbonyl (C=O) groups excluding carboxylic acids is 2. The number of aromatic nitrogens is 2. The zero-order valence-corrected chi connectivity index (χ0v) is 16.6. The average Bonchev–Trinajstić information content (AvgIpc) is 2.78. The van der Waals surface area contributed by atoms with Gasteiger partial charge in [0.05, 0.1) is 6.61 Å². The van der Waals surface area contributed by atoms with E-state index in [1.54, 1.807) is 22.8 Å². The first-order valence-electron chi connectivity index (χ1n) is 10.1. The second kappa shape index (κ2) is 8.46. The fraction of sp³-hybridized carbons (Fsp3) is 0.429. The Hall–Kier alpha value is -3.16. The van der Waals surface area contributed by atoms with Gasteiger partial charge in [-0.3, -0.25) is 4.79 Å². The molecule has 8 heteroatoms. The van der Waals surface area contributed by atoms with Gasteiger partial charge in [0, 0.05) is 38.4 Å². The van der Waals surface area contributed by atoms with Gasteiger partial charge in [-0.15, -0.1) is 10.2 Å². The Bertz CT molecular complexity index is 878. The Morgan fingerprint density at radius 1 is 1.00 bits per heavy atom. The Balaban J connectivity index is 1.41. The van der Waals surface area contributed by atoms with E-state index in [4.69, 9.17) is 4.74 Å². The van der Waals surface area contributed by atoms with Gasteiger partial charge in [-0.05, 0) is 43.5 Å². The second-order valence-corrected chi connectivity index (χ2v) is 7.14. The summed E-state index contributed by atoms with van der Waals surface area (Å²) in [7, 11) is 0. The highest BCUT2D eigenvalue weighted by Gasteiger charge is 2.26. The molecular weight excluding hydrogens is 370 g/mol. The number of fused-ring (bicyclic) bond motifs is 1. The van der Waals surface area contributed by atoms with Gasteiger partial charge >= 0.3 is 6.09 Å². The number of ether oxygens (including phenoxy) is 1. The van der Waals surface area contributed by atoms with E-state index in [-0.39, 0.29) is 12.0 Å². The second-order valence-electron chi connectivity index (χ2n) is 7.14. The molecule has 0 atom stereocenters. The number of benzene rings is 1. The third kappa shape index (κ3) is 4.01. The van der Waals surface area contributed by atoms with Gasteiger partial charge in [0.2, 0.25) is 0 Å². The van der Waals surface area contributed by atoms with Crippen molar-refractivity contribution in [3.05, 3.63) is 47.7 Å². The Morgan fingerprint density at radius 2 is 1.79 bits per heavy atom. The highest BCUT2D eigenvalue weighted by molar-refractivity contribution is 6.05. The van der Waals surface area contributed by atoms with Crippen LogP contribution in [-0.4, -0.2) is 66.4 Å². The van der Waals surface area contributed by atoms with Crippen molar-refractivity contribution in [1.82, 2.24) is 15.1 Å². The molecule has 3 heterocycles. The lowest BCUT2D eigenvalue weighted by Crippen LogP contribution is -2.49. The molecule has 0 saturated carbocycles. The molecule has 2 aliphatic rings. The lowest BCUT2D eigenvalue weighted by molar-refractivity contribution is 0.0978. The number of piperazine rings is 1. The van der Waals surface area contributed by atoms with Crippen molar-refractivity contribution < 1.29 is 14.3 Å². The Morgan fingerprint density at radius 3 is 2.52 bits per heavy atom. The lowest BCUT2D eigenvalue weighted by Gasteiger charge is -2.34. The summed E-state index contributed by atoms with van der Waals surface area (Å²) in [6.45, 7) is 5.32. The van der Waals surface area contributed by atoms with E-state index < -0.39 is 0 Å². The molecule has 2 amide bonds. The van der Waals surface area contributed by atoms with E-state index in [2.05, 4.69) is 21.2 Å². The number of rotatable bonds is 3. The number of amides is 2. The molecule has 1 fully saturated rings. The Kier molecular flexibility index (Phi) is 5.59. The summed E-state index contributed by atoms with van der Waals surface area (Å²) >= 11 is 0. The molecule has 8 nitrogen and oxygen atoms in total. The number of aryl methyl sites for hydroxylation is 1. The summed E-state index contributed by atoms with van der Waals surface area (Å²) in [5, 5.41) is 8.47. The van der Waals surface area contributed by atoms with E-state index in [1.165, 1.54) is 5.56 Å². The first kappa shape index (κ1) is 19.2. The highest BCUT2D eigenvalue weighted by Crippen LogP contribution is 2.28. The van der Waals surface area contributed by atoms with Gasteiger partial charge in [-0.25, -0.2) is 4.79 Å². The highest BCUT2D eigenvalue weighted by atomic mass is 16.6. The van der Waals surface area contributed by atoms with Crippen LogP contribution in [-0.2, 0) is 11.2 Å². The molecule has 152 valence electrons. The number of hydrogen-bond acceptors (Lipinski definition) is 6. The standard InChI is InChI=1S/C21H25N5O3/c1-2-29-21(28)25-14-12-24(13-15-25)19-10-9-17(22-23-19)20(27)26-11-5-7-16-6-3-4-8-18(16)26/h3-4,6,8-10H,2,5,7,11-15H2,1H3. The van der Waals surface area contributed by atoms with Crippen molar-refractivity contribution in [1.29, 1.82) is 0 Å². The molecule has 0 radical (unpaired) electrons. The molecule has 0 unspecified atom stereocenters. The molecule has 1 aromatic heterocycles. The maximum absolute atomic E-state index is 13.0. The molecule has 0 bridgehead atoms. The lowest BCUT2D eigenvalue weighted by atomic mass is 10.0. The summed E-state index contributed by atoms with van der Waals surface area (Å²) in [4.78, 5) is 30.3. The predicted octanol–water partition coefficient (Wildman–Crippen LogP) is 2.35. The van der Waals surface area contributed by atoms with Crippen molar-refractivity contribution in [3.63, 3.8) is 0 Å². The van der Waals surface area contributed by atoms with Crippen LogP contribution in [0.15, 0.2) is 36.4 Å². The molecule has 2 aromatic rings. The third-order valence-corrected chi connectivity index (χ3v) is 5.35. The summed E-state index contributed by atoms with van der Waals surface area (Å²) in [6, 6.07) is 11.6. The van der Waals surface area contributed by atoms with E-state index >= 15 is 0 Å². The first-order valence-corrected chi connectivity index (χ1v) is 10.1. The monoisotopic (exact) mass is 395 g/mol. The molecule has 29 heavy (non-hydrogen) atoms. The van der Waals surface area contributed by atoms with E-state index in [0.717, 1.165) is 18.5 Å². The van der Waals surface area contributed by atoms with Crippen LogP contribution in [0.2, 0.25) is 0 Å². The normalized spacial score (nSPS) is 16.4. The number of hydrogen-bond donors (Lipinski definition) is 0. The molecule has 0 spiro atoms. The summed E-state index contributed by atoms with van der Waals surface area (Å²) in [5.41, 5.74) is 2.50. The molecule has 0 aliphatic carbocycles. The average molecular weight is 395 g/mol. The van der Waals surface area contributed by atoms with Gasteiger partial charge in [-0.2, -0.15) is 0 Å². The predicted molar refractivity (Wildman–Crippen MR) is 109 cm³/mol. The van der Waals surface area contributed by atoms with Crippen molar-refractivity contribution in [2.24, 2.45) is 0 Å². The minimum absolute atomic E-state index is 0.122. The zero-order chi connectivity index (χ0) is 20.2. The maximum atomic E-state index is 13.0. The topological polar surface area (TPSA) is 78.9 Å². The fourth-order valence-electron chi connectivity index (χ4n) is 3.82. The zero-order valence-electron chi connectivity index (χ0n) is 16.6. The minimum atomic E-state index is -0.277. The van der Waals surface area contributed by atoms with Crippen LogP contribution in [0.25, 0.3) is 0 Å². The van der Waals surface area contributed by atoms with E-state index in [0.29, 0.717) is 50.8 Å². The van der Waals surface area contributed by atoms with Crippen molar-refractivity contribution >= 4 is 23.5 Å². The van der Waals surface area contributed by atoms with Crippen LogP contribution < -0.4 is 9.80 Å². The van der Waals surface area contributed by atoms with Gasteiger partial charge in [-0.1, -0.05) is 18.2 Å². The molecule has 1 saturated heterocycles. The number of para-hydroxylation sites is 1. The maximum Gasteiger partial charge on any atom is 0.409 e. The summed E-state index contributed by atoms with van der Waals surface area (Å²) in [5.74, 6) is 0.590. The van der Waals surface area contributed by atoms with E-state index in [9.17, 15) is 9.59 Å². The van der Waals surface area contributed by atoms with Gasteiger partial charge < -0.3 is 19.4 Å². The summed E-state index contributed by atoms with van der Waals surface area (Å²) in [6.07, 6.45) is 1.66. The van der Waals surface area contributed by atoms with E-state index in [1.807, 2.05) is 24.3 Å². The third-order valence-electron chi connectivity index (χ3n) is 5.35. The number of carbonyl (C=O) groups is 2. The first-order chi connectivity index (χ1) is 14.2.